The van der Waals surface area contributed by atoms with Gasteiger partial charge in [0, 0.05) is 6.42 Å². The van der Waals surface area contributed by atoms with E-state index in [4.69, 9.17) is 0 Å². The van der Waals surface area contributed by atoms with Crippen LogP contribution in [0.2, 0.25) is 0 Å². The largest absolute Gasteiger partial charge is 0.469 e. The van der Waals surface area contributed by atoms with Gasteiger partial charge in [0.25, 0.3) is 0 Å². The third-order valence-electron chi connectivity index (χ3n) is 3.34. The van der Waals surface area contributed by atoms with E-state index >= 15 is 0 Å². The first-order valence-corrected chi connectivity index (χ1v) is 8.44. The lowest BCUT2D eigenvalue weighted by Gasteiger charge is -2.01. The van der Waals surface area contributed by atoms with E-state index < -0.39 is 6.10 Å². The molecule has 0 aromatic rings. The van der Waals surface area contributed by atoms with Crippen molar-refractivity contribution in [3.05, 3.63) is 36.5 Å². The Morgan fingerprint density at radius 2 is 1.77 bits per heavy atom. The molecule has 0 bridgehead atoms. The first-order valence-electron chi connectivity index (χ1n) is 8.44. The van der Waals surface area contributed by atoms with Crippen molar-refractivity contribution in [1.29, 1.82) is 0 Å². The topological polar surface area (TPSA) is 46.5 Å². The van der Waals surface area contributed by atoms with Crippen molar-refractivity contribution in [2.24, 2.45) is 0 Å². The Hall–Kier alpha value is -1.35. The molecule has 0 saturated heterocycles. The van der Waals surface area contributed by atoms with Crippen molar-refractivity contribution < 1.29 is 14.6 Å². The zero-order chi connectivity index (χ0) is 16.5. The summed E-state index contributed by atoms with van der Waals surface area (Å²) in [5.74, 6) is -0.110. The minimum atomic E-state index is -0.393. The molecular weight excluding hydrogens is 276 g/mol. The zero-order valence-corrected chi connectivity index (χ0v) is 14.2. The van der Waals surface area contributed by atoms with Gasteiger partial charge in [0.1, 0.15) is 0 Å². The molecule has 0 aromatic heterocycles. The van der Waals surface area contributed by atoms with E-state index in [1.54, 1.807) is 0 Å². The van der Waals surface area contributed by atoms with E-state index in [1.807, 2.05) is 18.2 Å². The molecular formula is C19H32O3. The molecule has 0 fully saturated rings. The molecule has 22 heavy (non-hydrogen) atoms. The highest BCUT2D eigenvalue weighted by atomic mass is 16.5. The lowest BCUT2D eigenvalue weighted by atomic mass is 10.1. The van der Waals surface area contributed by atoms with Gasteiger partial charge in [-0.3, -0.25) is 4.79 Å². The monoisotopic (exact) mass is 308 g/mol. The smallest absolute Gasteiger partial charge is 0.305 e. The normalized spacial score (nSPS) is 13.4. The molecule has 0 aliphatic carbocycles. The molecule has 0 radical (unpaired) electrons. The number of aliphatic hydroxyl groups excluding tert-OH is 1. The van der Waals surface area contributed by atoms with Gasteiger partial charge >= 0.3 is 5.97 Å². The minimum absolute atomic E-state index is 0.110. The second-order valence-corrected chi connectivity index (χ2v) is 5.38. The number of allylic oxidation sites excluding steroid dienone is 4. The van der Waals surface area contributed by atoms with E-state index in [1.165, 1.54) is 26.4 Å². The van der Waals surface area contributed by atoms with Gasteiger partial charge < -0.3 is 9.84 Å². The molecule has 0 rings (SSSR count). The quantitative estimate of drug-likeness (QED) is 0.232. The predicted molar refractivity (Wildman–Crippen MR) is 92.7 cm³/mol. The number of unbranched alkanes of at least 4 members (excludes halogenated alkanes) is 5. The van der Waals surface area contributed by atoms with Gasteiger partial charge in [-0.2, -0.15) is 0 Å². The van der Waals surface area contributed by atoms with Crippen molar-refractivity contribution in [3.63, 3.8) is 0 Å². The summed E-state index contributed by atoms with van der Waals surface area (Å²) >= 11 is 0. The van der Waals surface area contributed by atoms with Crippen LogP contribution >= 0.6 is 0 Å². The fourth-order valence-corrected chi connectivity index (χ4v) is 2.00. The van der Waals surface area contributed by atoms with Gasteiger partial charge in [-0.15, -0.1) is 0 Å². The summed E-state index contributed by atoms with van der Waals surface area (Å²) in [6, 6.07) is 0. The van der Waals surface area contributed by atoms with Gasteiger partial charge in [0.05, 0.1) is 13.2 Å². The molecule has 3 nitrogen and oxygen atoms in total. The maximum Gasteiger partial charge on any atom is 0.305 e. The number of esters is 1. The lowest BCUT2D eigenvalue weighted by molar-refractivity contribution is -0.140. The summed E-state index contributed by atoms with van der Waals surface area (Å²) in [5.41, 5.74) is 0. The van der Waals surface area contributed by atoms with Crippen LogP contribution in [0, 0.1) is 0 Å². The van der Waals surface area contributed by atoms with E-state index in [-0.39, 0.29) is 5.97 Å². The minimum Gasteiger partial charge on any atom is -0.469 e. The number of carbonyl (C=O) groups excluding carboxylic acids is 1. The molecule has 126 valence electrons. The van der Waals surface area contributed by atoms with Crippen LogP contribution in [0.5, 0.6) is 0 Å². The summed E-state index contributed by atoms with van der Waals surface area (Å²) < 4.78 is 4.60. The molecule has 0 saturated carbocycles. The van der Waals surface area contributed by atoms with Crippen LogP contribution in [0.15, 0.2) is 36.5 Å². The third-order valence-corrected chi connectivity index (χ3v) is 3.34. The molecule has 3 heteroatoms. The third kappa shape index (κ3) is 15.0. The summed E-state index contributed by atoms with van der Waals surface area (Å²) in [7, 11) is 1.43. The Labute approximate surface area is 135 Å². The summed E-state index contributed by atoms with van der Waals surface area (Å²) in [6.45, 7) is 2.09. The molecule has 0 aliphatic heterocycles. The Morgan fingerprint density at radius 3 is 2.50 bits per heavy atom. The number of ether oxygens (including phenoxy) is 1. The standard InChI is InChI=1S/C19H32O3/c1-3-4-5-12-15-18(20)16-13-10-8-6-7-9-11-14-17-19(21)22-2/h4-5,10,12-13,15,18,20H,3,6-9,11,14,16-17H2,1-2H3/b5-4-,13-10-,15-12+/t18-/m1/s1. The van der Waals surface area contributed by atoms with Crippen molar-refractivity contribution >= 4 is 5.97 Å². The second kappa shape index (κ2) is 16.0. The molecule has 0 unspecified atom stereocenters. The maximum absolute atomic E-state index is 10.9. The molecule has 0 heterocycles. The van der Waals surface area contributed by atoms with Crippen molar-refractivity contribution in [2.45, 2.75) is 70.8 Å². The van der Waals surface area contributed by atoms with Crippen LogP contribution in [0.25, 0.3) is 0 Å². The number of hydrogen-bond donors (Lipinski definition) is 1. The summed E-state index contributed by atoms with van der Waals surface area (Å²) in [5, 5.41) is 9.70. The number of aliphatic hydroxyl groups is 1. The molecule has 0 spiro atoms. The molecule has 0 aromatic carbocycles. The van der Waals surface area contributed by atoms with E-state index in [2.05, 4.69) is 29.9 Å². The highest BCUT2D eigenvalue weighted by Gasteiger charge is 1.98. The van der Waals surface area contributed by atoms with E-state index in [0.29, 0.717) is 12.8 Å². The van der Waals surface area contributed by atoms with Gasteiger partial charge in [-0.05, 0) is 32.1 Å². The van der Waals surface area contributed by atoms with Crippen LogP contribution < -0.4 is 0 Å². The van der Waals surface area contributed by atoms with Crippen LogP contribution in [-0.2, 0) is 9.53 Å². The highest BCUT2D eigenvalue weighted by Crippen LogP contribution is 2.08. The van der Waals surface area contributed by atoms with Crippen molar-refractivity contribution in [3.8, 4) is 0 Å². The fraction of sp³-hybridized carbons (Fsp3) is 0.632. The fourth-order valence-electron chi connectivity index (χ4n) is 2.00. The first kappa shape index (κ1) is 20.6. The van der Waals surface area contributed by atoms with Gasteiger partial charge in [0.2, 0.25) is 0 Å². The zero-order valence-electron chi connectivity index (χ0n) is 14.2. The van der Waals surface area contributed by atoms with Crippen LogP contribution in [0.1, 0.15) is 64.7 Å². The van der Waals surface area contributed by atoms with Gasteiger partial charge in [-0.25, -0.2) is 0 Å². The Morgan fingerprint density at radius 1 is 1.05 bits per heavy atom. The lowest BCUT2D eigenvalue weighted by Crippen LogP contribution is -1.99. The van der Waals surface area contributed by atoms with Crippen LogP contribution in [0.3, 0.4) is 0 Å². The highest BCUT2D eigenvalue weighted by molar-refractivity contribution is 5.68. The van der Waals surface area contributed by atoms with Crippen molar-refractivity contribution in [2.75, 3.05) is 7.11 Å². The number of hydrogen-bond acceptors (Lipinski definition) is 3. The van der Waals surface area contributed by atoms with Crippen LogP contribution in [0.4, 0.5) is 0 Å². The van der Waals surface area contributed by atoms with Crippen molar-refractivity contribution in [1.82, 2.24) is 0 Å². The predicted octanol–water partition coefficient (Wildman–Crippen LogP) is 4.72. The maximum atomic E-state index is 10.9. The molecule has 1 N–H and O–H groups in total. The number of rotatable bonds is 13. The van der Waals surface area contributed by atoms with Gasteiger partial charge in [0.15, 0.2) is 0 Å². The summed E-state index contributed by atoms with van der Waals surface area (Å²) in [6.07, 6.45) is 20.4. The van der Waals surface area contributed by atoms with Crippen LogP contribution in [-0.4, -0.2) is 24.3 Å². The summed E-state index contributed by atoms with van der Waals surface area (Å²) in [4.78, 5) is 10.9. The number of carbonyl (C=O) groups is 1. The SMILES string of the molecule is CC/C=C\C=C\[C@@H](O)C/C=C\CCCCCCCC(=O)OC. The number of methoxy groups -OCH3 is 1. The first-order chi connectivity index (χ1) is 10.7. The van der Waals surface area contributed by atoms with E-state index in [0.717, 1.165) is 25.7 Å². The average molecular weight is 308 g/mol. The molecule has 1 atom stereocenters. The van der Waals surface area contributed by atoms with E-state index in [9.17, 15) is 9.90 Å². The van der Waals surface area contributed by atoms with Gasteiger partial charge in [-0.1, -0.05) is 62.6 Å². The second-order valence-electron chi connectivity index (χ2n) is 5.38. The Bertz CT molecular complexity index is 343. The Kier molecular flexibility index (Phi) is 15.0. The average Bonchev–Trinajstić information content (AvgIpc) is 2.53. The Balaban J connectivity index is 3.42. The molecule has 0 aliphatic rings. The molecule has 0 amide bonds.